The van der Waals surface area contributed by atoms with Gasteiger partial charge >= 0.3 is 0 Å². The van der Waals surface area contributed by atoms with Gasteiger partial charge in [-0.15, -0.1) is 11.3 Å². The zero-order chi connectivity index (χ0) is 13.7. The molecule has 1 aliphatic heterocycles. The van der Waals surface area contributed by atoms with Gasteiger partial charge in [-0.2, -0.15) is 0 Å². The van der Waals surface area contributed by atoms with Gasteiger partial charge in [-0.25, -0.2) is 0 Å². The third-order valence-corrected chi connectivity index (χ3v) is 5.05. The lowest BCUT2D eigenvalue weighted by Gasteiger charge is -2.21. The average molecular weight is 321 g/mol. The highest BCUT2D eigenvalue weighted by atomic mass is 35.5. The maximum Gasteiger partial charge on any atom is 0.165 e. The summed E-state index contributed by atoms with van der Waals surface area (Å²) in [6.07, 6.45) is 6.14. The van der Waals surface area contributed by atoms with Gasteiger partial charge < -0.3 is 4.74 Å². The molecule has 19 heavy (non-hydrogen) atoms. The van der Waals surface area contributed by atoms with Gasteiger partial charge in [-0.05, 0) is 31.2 Å². The highest BCUT2D eigenvalue weighted by molar-refractivity contribution is 7.20. The molecule has 0 atom stereocenters. The molecule has 1 saturated heterocycles. The van der Waals surface area contributed by atoms with Crippen LogP contribution >= 0.6 is 34.5 Å². The summed E-state index contributed by atoms with van der Waals surface area (Å²) in [6.45, 7) is 1.79. The zero-order valence-corrected chi connectivity index (χ0v) is 13.1. The molecular formula is C14H18Cl2O2S. The van der Waals surface area contributed by atoms with Crippen LogP contribution < -0.4 is 0 Å². The number of hydrogen-bond donors (Lipinski definition) is 0. The lowest BCUT2D eigenvalue weighted by atomic mass is 9.93. The molecule has 0 radical (unpaired) electrons. The lowest BCUT2D eigenvalue weighted by Crippen LogP contribution is -2.15. The van der Waals surface area contributed by atoms with Crippen molar-refractivity contribution in [3.8, 4) is 0 Å². The Labute approximate surface area is 128 Å². The molecule has 2 rings (SSSR count). The minimum atomic E-state index is 0.111. The Morgan fingerprint density at radius 1 is 1.32 bits per heavy atom. The Morgan fingerprint density at radius 3 is 2.68 bits per heavy atom. The fourth-order valence-corrected chi connectivity index (χ4v) is 3.92. The summed E-state index contributed by atoms with van der Waals surface area (Å²) in [4.78, 5) is 12.0. The van der Waals surface area contributed by atoms with Crippen molar-refractivity contribution in [2.24, 2.45) is 5.92 Å². The monoisotopic (exact) mass is 320 g/mol. The van der Waals surface area contributed by atoms with Crippen LogP contribution in [0.25, 0.3) is 0 Å². The average Bonchev–Trinajstić information content (AvgIpc) is 2.75. The van der Waals surface area contributed by atoms with Gasteiger partial charge in [-0.3, -0.25) is 4.79 Å². The number of hydrogen-bond acceptors (Lipinski definition) is 3. The summed E-state index contributed by atoms with van der Waals surface area (Å²) in [5, 5.41) is 0. The van der Waals surface area contributed by atoms with Gasteiger partial charge in [0.2, 0.25) is 0 Å². The van der Waals surface area contributed by atoms with E-state index in [9.17, 15) is 4.79 Å². The van der Waals surface area contributed by atoms with E-state index in [2.05, 4.69) is 0 Å². The number of carbonyl (C=O) groups excluding carboxylic acids is 1. The molecule has 1 aromatic rings. The molecule has 1 aromatic heterocycles. The van der Waals surface area contributed by atoms with Gasteiger partial charge in [0.1, 0.15) is 4.34 Å². The highest BCUT2D eigenvalue weighted by Gasteiger charge is 2.15. The second-order valence-electron chi connectivity index (χ2n) is 4.96. The van der Waals surface area contributed by atoms with Crippen LogP contribution in [0.15, 0.2) is 6.07 Å². The molecule has 1 fully saturated rings. The second-order valence-corrected chi connectivity index (χ2v) is 7.25. The summed E-state index contributed by atoms with van der Waals surface area (Å²) in [6, 6.07) is 1.68. The van der Waals surface area contributed by atoms with Crippen LogP contribution in [0, 0.1) is 5.92 Å². The van der Waals surface area contributed by atoms with E-state index in [0.717, 1.165) is 32.0 Å². The van der Waals surface area contributed by atoms with Crippen molar-refractivity contribution >= 4 is 40.3 Å². The van der Waals surface area contributed by atoms with Gasteiger partial charge in [0.05, 0.1) is 4.34 Å². The Morgan fingerprint density at radius 2 is 2.05 bits per heavy atom. The molecular weight excluding hydrogens is 303 g/mol. The molecule has 2 nitrogen and oxygen atoms in total. The van der Waals surface area contributed by atoms with Crippen LogP contribution in [-0.4, -0.2) is 19.0 Å². The molecule has 0 bridgehead atoms. The number of carbonyl (C=O) groups is 1. The molecule has 0 aromatic carbocycles. The van der Waals surface area contributed by atoms with Gasteiger partial charge in [-0.1, -0.05) is 36.0 Å². The zero-order valence-electron chi connectivity index (χ0n) is 10.8. The predicted molar refractivity (Wildman–Crippen MR) is 80.7 cm³/mol. The lowest BCUT2D eigenvalue weighted by molar-refractivity contribution is 0.0630. The summed E-state index contributed by atoms with van der Waals surface area (Å²) in [7, 11) is 0. The van der Waals surface area contributed by atoms with Gasteiger partial charge in [0, 0.05) is 25.2 Å². The first-order valence-corrected chi connectivity index (χ1v) is 8.30. The second kappa shape index (κ2) is 7.63. The number of Topliss-reactive ketones (excluding diaryl/α,β-unsaturated/α-hetero) is 1. The van der Waals surface area contributed by atoms with Crippen LogP contribution in [0.5, 0.6) is 0 Å². The van der Waals surface area contributed by atoms with E-state index in [4.69, 9.17) is 27.9 Å². The quantitative estimate of drug-likeness (QED) is 0.530. The Kier molecular flexibility index (Phi) is 6.14. The summed E-state index contributed by atoms with van der Waals surface area (Å²) >= 11 is 13.1. The van der Waals surface area contributed by atoms with Gasteiger partial charge in [0.15, 0.2) is 5.78 Å². The minimum absolute atomic E-state index is 0.111. The fraction of sp³-hybridized carbons (Fsp3) is 0.643. The largest absolute Gasteiger partial charge is 0.381 e. The van der Waals surface area contributed by atoms with Crippen molar-refractivity contribution in [3.05, 3.63) is 20.3 Å². The van der Waals surface area contributed by atoms with Crippen LogP contribution in [0.1, 0.15) is 48.9 Å². The molecule has 0 aliphatic carbocycles. The SMILES string of the molecule is O=C(CCCCC1CCOCC1)c1cc(Cl)sc1Cl. The number of rotatable bonds is 6. The van der Waals surface area contributed by atoms with E-state index in [0.29, 0.717) is 20.7 Å². The smallest absolute Gasteiger partial charge is 0.165 e. The fourth-order valence-electron chi connectivity index (χ4n) is 2.42. The Bertz CT molecular complexity index is 425. The first-order valence-electron chi connectivity index (χ1n) is 6.72. The number of unbranched alkanes of at least 4 members (excludes halogenated alkanes) is 1. The summed E-state index contributed by atoms with van der Waals surface area (Å²) < 4.78 is 6.43. The van der Waals surface area contributed by atoms with E-state index in [-0.39, 0.29) is 5.78 Å². The predicted octanol–water partition coefficient (Wildman–Crippen LogP) is 5.22. The van der Waals surface area contributed by atoms with Crippen molar-refractivity contribution in [2.45, 2.75) is 38.5 Å². The number of halogens is 2. The number of ketones is 1. The molecule has 2 heterocycles. The molecule has 0 N–H and O–H groups in total. The van der Waals surface area contributed by atoms with Crippen LogP contribution in [-0.2, 0) is 4.74 Å². The normalized spacial score (nSPS) is 16.7. The summed E-state index contributed by atoms with van der Waals surface area (Å²) in [5.74, 6) is 0.892. The van der Waals surface area contributed by atoms with Crippen molar-refractivity contribution in [1.82, 2.24) is 0 Å². The maximum atomic E-state index is 12.0. The minimum Gasteiger partial charge on any atom is -0.381 e. The van der Waals surface area contributed by atoms with Crippen LogP contribution in [0.2, 0.25) is 8.67 Å². The third kappa shape index (κ3) is 4.75. The van der Waals surface area contributed by atoms with Crippen molar-refractivity contribution < 1.29 is 9.53 Å². The van der Waals surface area contributed by atoms with E-state index < -0.39 is 0 Å². The van der Waals surface area contributed by atoms with Crippen molar-refractivity contribution in [1.29, 1.82) is 0 Å². The highest BCUT2D eigenvalue weighted by Crippen LogP contribution is 2.32. The first kappa shape index (κ1) is 15.3. The molecule has 0 saturated carbocycles. The topological polar surface area (TPSA) is 26.3 Å². The molecule has 0 amide bonds. The molecule has 0 unspecified atom stereocenters. The first-order chi connectivity index (χ1) is 9.16. The maximum absolute atomic E-state index is 12.0. The van der Waals surface area contributed by atoms with Gasteiger partial charge in [0.25, 0.3) is 0 Å². The third-order valence-electron chi connectivity index (χ3n) is 3.56. The number of ether oxygens (including phenoxy) is 1. The molecule has 0 spiro atoms. The van der Waals surface area contributed by atoms with E-state index >= 15 is 0 Å². The molecule has 5 heteroatoms. The van der Waals surface area contributed by atoms with E-state index in [1.807, 2.05) is 0 Å². The van der Waals surface area contributed by atoms with Crippen molar-refractivity contribution in [2.75, 3.05) is 13.2 Å². The van der Waals surface area contributed by atoms with E-state index in [1.165, 1.54) is 30.6 Å². The van der Waals surface area contributed by atoms with Crippen molar-refractivity contribution in [3.63, 3.8) is 0 Å². The Balaban J connectivity index is 1.67. The van der Waals surface area contributed by atoms with Crippen LogP contribution in [0.3, 0.4) is 0 Å². The van der Waals surface area contributed by atoms with Crippen LogP contribution in [0.4, 0.5) is 0 Å². The Hall–Kier alpha value is -0.0900. The standard InChI is InChI=1S/C14H18Cl2O2S/c15-13-9-11(14(16)19-13)12(17)4-2-1-3-10-5-7-18-8-6-10/h9-10H,1-8H2. The van der Waals surface area contributed by atoms with E-state index in [1.54, 1.807) is 6.07 Å². The number of thiophene rings is 1. The molecule has 1 aliphatic rings. The molecule has 106 valence electrons. The summed E-state index contributed by atoms with van der Waals surface area (Å²) in [5.41, 5.74) is 0.586.